The number of rotatable bonds is 8. The van der Waals surface area contributed by atoms with Crippen LogP contribution in [0.15, 0.2) is 48.9 Å². The molecule has 5 heterocycles. The van der Waals surface area contributed by atoms with E-state index < -0.39 is 0 Å². The highest BCUT2D eigenvalue weighted by Gasteiger charge is 2.16. The maximum absolute atomic E-state index is 4.86. The Morgan fingerprint density at radius 1 is 0.912 bits per heavy atom. The average Bonchev–Trinajstić information content (AvgIpc) is 3.31. The molecule has 0 amide bonds. The summed E-state index contributed by atoms with van der Waals surface area (Å²) in [6.07, 6.45) is 12.6. The summed E-state index contributed by atoms with van der Waals surface area (Å²) in [5.41, 5.74) is 4.10. The number of fused-ring (bicyclic) bond motifs is 1. The maximum Gasteiger partial charge on any atom is 0.232 e. The highest BCUT2D eigenvalue weighted by Crippen LogP contribution is 2.26. The van der Waals surface area contributed by atoms with E-state index in [-0.39, 0.29) is 0 Å². The summed E-state index contributed by atoms with van der Waals surface area (Å²) in [7, 11) is 0. The van der Waals surface area contributed by atoms with Crippen LogP contribution in [0.1, 0.15) is 50.3 Å². The van der Waals surface area contributed by atoms with Crippen molar-refractivity contribution in [2.24, 2.45) is 0 Å². The number of pyridine rings is 2. The van der Waals surface area contributed by atoms with Gasteiger partial charge in [-0.15, -0.1) is 0 Å². The first-order chi connectivity index (χ1) is 16.7. The first-order valence-electron chi connectivity index (χ1n) is 12.2. The molecular formula is C26H32N8. The molecule has 2 N–H and O–H groups in total. The lowest BCUT2D eigenvalue weighted by Gasteiger charge is -2.28. The summed E-state index contributed by atoms with van der Waals surface area (Å²) >= 11 is 0. The normalized spacial score (nSPS) is 13.9. The fraction of sp³-hybridized carbons (Fsp3) is 0.385. The quantitative estimate of drug-likeness (QED) is 0.354. The Morgan fingerprint density at radius 2 is 1.76 bits per heavy atom. The summed E-state index contributed by atoms with van der Waals surface area (Å²) in [5.74, 6) is 3.01. The number of unbranched alkanes of at least 4 members (excludes halogenated alkanes) is 1. The second kappa shape index (κ2) is 10.1. The molecule has 0 atom stereocenters. The van der Waals surface area contributed by atoms with Crippen molar-refractivity contribution in [3.63, 3.8) is 0 Å². The van der Waals surface area contributed by atoms with Gasteiger partial charge in [-0.1, -0.05) is 13.3 Å². The van der Waals surface area contributed by atoms with Gasteiger partial charge in [0.05, 0.1) is 0 Å². The molecule has 1 saturated heterocycles. The van der Waals surface area contributed by atoms with Crippen molar-refractivity contribution < 1.29 is 0 Å². The van der Waals surface area contributed by atoms with Crippen LogP contribution in [0.25, 0.3) is 5.65 Å². The Bertz CT molecular complexity index is 1260. The lowest BCUT2D eigenvalue weighted by Crippen LogP contribution is -2.30. The summed E-state index contributed by atoms with van der Waals surface area (Å²) in [4.78, 5) is 21.2. The molecule has 0 aliphatic carbocycles. The number of nitrogens with zero attached hydrogens (tertiary/aromatic N) is 6. The maximum atomic E-state index is 4.86. The van der Waals surface area contributed by atoms with Gasteiger partial charge in [-0.25, -0.2) is 9.97 Å². The first-order valence-corrected chi connectivity index (χ1v) is 12.2. The van der Waals surface area contributed by atoms with Crippen LogP contribution in [0.5, 0.6) is 0 Å². The number of imidazole rings is 1. The highest BCUT2D eigenvalue weighted by atomic mass is 15.3. The van der Waals surface area contributed by atoms with Crippen LogP contribution in [-0.2, 0) is 6.42 Å². The lowest BCUT2D eigenvalue weighted by molar-refractivity contribution is 0.573. The third-order valence-electron chi connectivity index (χ3n) is 6.11. The van der Waals surface area contributed by atoms with Gasteiger partial charge in [-0.3, -0.25) is 0 Å². The summed E-state index contributed by atoms with van der Waals surface area (Å²) < 4.78 is 1.98. The van der Waals surface area contributed by atoms with Crippen molar-refractivity contribution in [1.29, 1.82) is 0 Å². The van der Waals surface area contributed by atoms with Gasteiger partial charge in [0.2, 0.25) is 5.95 Å². The summed E-state index contributed by atoms with van der Waals surface area (Å²) in [6.45, 7) is 6.33. The number of hydrogen-bond acceptors (Lipinski definition) is 7. The Hall–Kier alpha value is -3.68. The Morgan fingerprint density at radius 3 is 2.62 bits per heavy atom. The number of hydrogen-bond donors (Lipinski definition) is 2. The molecule has 0 unspecified atom stereocenters. The van der Waals surface area contributed by atoms with Crippen LogP contribution in [0.4, 0.5) is 29.1 Å². The van der Waals surface area contributed by atoms with E-state index in [1.54, 1.807) is 6.20 Å². The number of piperidine rings is 1. The van der Waals surface area contributed by atoms with Crippen LogP contribution in [0.2, 0.25) is 0 Å². The van der Waals surface area contributed by atoms with E-state index in [2.05, 4.69) is 40.4 Å². The van der Waals surface area contributed by atoms with Gasteiger partial charge in [0.1, 0.15) is 23.1 Å². The molecule has 0 spiro atoms. The zero-order chi connectivity index (χ0) is 23.3. The van der Waals surface area contributed by atoms with E-state index in [9.17, 15) is 0 Å². The second-order valence-corrected chi connectivity index (χ2v) is 8.97. The van der Waals surface area contributed by atoms with Crippen molar-refractivity contribution in [2.45, 2.75) is 52.4 Å². The topological polar surface area (TPSA) is 83.3 Å². The number of aryl methyl sites for hydroxylation is 2. The number of nitrogens with one attached hydrogen (secondary N) is 2. The van der Waals surface area contributed by atoms with Crippen LogP contribution in [-0.4, -0.2) is 37.4 Å². The third-order valence-corrected chi connectivity index (χ3v) is 6.11. The molecule has 0 radical (unpaired) electrons. The van der Waals surface area contributed by atoms with Crippen LogP contribution < -0.4 is 15.5 Å². The van der Waals surface area contributed by atoms with Gasteiger partial charge in [0.25, 0.3) is 0 Å². The van der Waals surface area contributed by atoms with Crippen molar-refractivity contribution in [1.82, 2.24) is 24.3 Å². The first kappa shape index (κ1) is 22.1. The molecule has 1 aliphatic rings. The fourth-order valence-electron chi connectivity index (χ4n) is 4.38. The predicted octanol–water partition coefficient (Wildman–Crippen LogP) is 5.65. The molecule has 34 heavy (non-hydrogen) atoms. The molecule has 8 heteroatoms. The van der Waals surface area contributed by atoms with Crippen LogP contribution in [0, 0.1) is 6.92 Å². The molecular weight excluding hydrogens is 424 g/mol. The standard InChI is InChI=1S/C26H32N8/c1-3-4-8-20-15-19(2)16-22(28-20)30-26-31-23(18-25(32-26)33-11-6-5-7-12-33)29-21-9-13-34-14-10-27-24(34)17-21/h9-10,13-18H,3-8,11-12H2,1-2H3,(H2,28,29,30,31,32). The summed E-state index contributed by atoms with van der Waals surface area (Å²) in [5, 5.41) is 6.83. The SMILES string of the molecule is CCCCc1cc(C)cc(Nc2nc(Nc3ccn4ccnc4c3)cc(N3CCCCC3)n2)n1. The molecule has 1 fully saturated rings. The fourth-order valence-corrected chi connectivity index (χ4v) is 4.38. The minimum atomic E-state index is 0.548. The molecule has 176 valence electrons. The van der Waals surface area contributed by atoms with Gasteiger partial charge in [-0.05, 0) is 62.8 Å². The predicted molar refractivity (Wildman–Crippen MR) is 137 cm³/mol. The number of anilines is 5. The van der Waals surface area contributed by atoms with Gasteiger partial charge in [0.15, 0.2) is 0 Å². The van der Waals surface area contributed by atoms with E-state index in [1.165, 1.54) is 24.8 Å². The molecule has 4 aromatic rings. The molecule has 1 aliphatic heterocycles. The van der Waals surface area contributed by atoms with Gasteiger partial charge in [-0.2, -0.15) is 9.97 Å². The van der Waals surface area contributed by atoms with Crippen LogP contribution in [0.3, 0.4) is 0 Å². The Balaban J connectivity index is 1.45. The number of aromatic nitrogens is 5. The smallest absolute Gasteiger partial charge is 0.232 e. The zero-order valence-corrected chi connectivity index (χ0v) is 20.0. The third kappa shape index (κ3) is 5.27. The molecule has 8 nitrogen and oxygen atoms in total. The molecule has 0 aromatic carbocycles. The minimum Gasteiger partial charge on any atom is -0.356 e. The van der Waals surface area contributed by atoms with E-state index >= 15 is 0 Å². The van der Waals surface area contributed by atoms with E-state index in [1.807, 2.05) is 41.1 Å². The minimum absolute atomic E-state index is 0.548. The van der Waals surface area contributed by atoms with Gasteiger partial charge in [0, 0.05) is 55.2 Å². The highest BCUT2D eigenvalue weighted by molar-refractivity contribution is 5.65. The van der Waals surface area contributed by atoms with Crippen molar-refractivity contribution >= 4 is 34.7 Å². The van der Waals surface area contributed by atoms with Crippen LogP contribution >= 0.6 is 0 Å². The summed E-state index contributed by atoms with van der Waals surface area (Å²) in [6, 6.07) is 10.3. The van der Waals surface area contributed by atoms with E-state index in [0.717, 1.165) is 66.8 Å². The van der Waals surface area contributed by atoms with Gasteiger partial charge < -0.3 is 19.9 Å². The van der Waals surface area contributed by atoms with E-state index in [0.29, 0.717) is 5.95 Å². The Labute approximate surface area is 200 Å². The van der Waals surface area contributed by atoms with Crippen molar-refractivity contribution in [3.05, 3.63) is 60.2 Å². The van der Waals surface area contributed by atoms with Crippen molar-refractivity contribution in [2.75, 3.05) is 28.6 Å². The largest absolute Gasteiger partial charge is 0.356 e. The van der Waals surface area contributed by atoms with E-state index in [4.69, 9.17) is 15.0 Å². The Kier molecular flexibility index (Phi) is 6.56. The molecule has 5 rings (SSSR count). The molecule has 0 saturated carbocycles. The van der Waals surface area contributed by atoms with Crippen molar-refractivity contribution in [3.8, 4) is 0 Å². The lowest BCUT2D eigenvalue weighted by atomic mass is 10.1. The molecule has 0 bridgehead atoms. The zero-order valence-electron chi connectivity index (χ0n) is 20.0. The second-order valence-electron chi connectivity index (χ2n) is 8.97. The monoisotopic (exact) mass is 456 g/mol. The average molecular weight is 457 g/mol. The molecule has 4 aromatic heterocycles. The van der Waals surface area contributed by atoms with Gasteiger partial charge >= 0.3 is 0 Å².